The van der Waals surface area contributed by atoms with Crippen molar-refractivity contribution in [3.05, 3.63) is 28.3 Å². The second-order valence-corrected chi connectivity index (χ2v) is 4.80. The molecule has 0 spiro atoms. The van der Waals surface area contributed by atoms with E-state index in [1.54, 1.807) is 12.1 Å². The van der Waals surface area contributed by atoms with Crippen molar-refractivity contribution >= 4 is 11.4 Å². The number of nitro benzene ring substituents is 1. The van der Waals surface area contributed by atoms with Crippen LogP contribution in [0.1, 0.15) is 27.2 Å². The number of rotatable bonds is 7. The molecule has 0 aliphatic carbocycles. The molecule has 0 heterocycles. The molecule has 0 saturated carbocycles. The second-order valence-electron chi connectivity index (χ2n) is 4.80. The third-order valence-electron chi connectivity index (χ3n) is 2.45. The van der Waals surface area contributed by atoms with E-state index in [1.165, 1.54) is 6.07 Å². The lowest BCUT2D eigenvalue weighted by atomic mass is 10.2. The summed E-state index contributed by atoms with van der Waals surface area (Å²) < 4.78 is 5.47. The largest absolute Gasteiger partial charge is 0.484 e. The summed E-state index contributed by atoms with van der Waals surface area (Å²) in [7, 11) is 0. The Bertz CT molecular complexity index is 433. The molecular weight excluding hydrogens is 246 g/mol. The Morgan fingerprint density at radius 3 is 2.63 bits per heavy atom. The normalized spacial score (nSPS) is 12.3. The minimum Gasteiger partial charge on any atom is -0.484 e. The Hall–Kier alpha value is -1.82. The maximum Gasteiger partial charge on any atom is 0.311 e. The van der Waals surface area contributed by atoms with Gasteiger partial charge < -0.3 is 15.8 Å². The van der Waals surface area contributed by atoms with Gasteiger partial charge in [-0.3, -0.25) is 10.1 Å². The van der Waals surface area contributed by atoms with Crippen LogP contribution >= 0.6 is 0 Å². The fraction of sp³-hybridized carbons (Fsp3) is 0.538. The van der Waals surface area contributed by atoms with Gasteiger partial charge in [-0.05, 0) is 33.3 Å². The highest BCUT2D eigenvalue weighted by atomic mass is 16.6. The summed E-state index contributed by atoms with van der Waals surface area (Å²) in [6.07, 6.45) is 0.718. The van der Waals surface area contributed by atoms with Crippen molar-refractivity contribution in [2.75, 3.05) is 11.9 Å². The Labute approximate surface area is 113 Å². The quantitative estimate of drug-likeness (QED) is 0.585. The number of nitrogens with zero attached hydrogens (tertiary/aromatic N) is 1. The van der Waals surface area contributed by atoms with Crippen molar-refractivity contribution in [1.82, 2.24) is 0 Å². The van der Waals surface area contributed by atoms with Gasteiger partial charge in [-0.25, -0.2) is 0 Å². The lowest BCUT2D eigenvalue weighted by molar-refractivity contribution is -0.386. The first-order chi connectivity index (χ1) is 8.90. The average Bonchev–Trinajstić information content (AvgIpc) is 2.27. The van der Waals surface area contributed by atoms with Crippen LogP contribution in [0.4, 0.5) is 11.4 Å². The topological polar surface area (TPSA) is 90.4 Å². The van der Waals surface area contributed by atoms with Crippen molar-refractivity contribution in [3.63, 3.8) is 0 Å². The zero-order chi connectivity index (χ0) is 14.4. The first-order valence-electron chi connectivity index (χ1n) is 6.34. The van der Waals surface area contributed by atoms with Crippen LogP contribution in [0.5, 0.6) is 5.75 Å². The molecule has 0 aromatic heterocycles. The molecule has 3 N–H and O–H groups in total. The maximum atomic E-state index is 10.9. The zero-order valence-electron chi connectivity index (χ0n) is 11.6. The van der Waals surface area contributed by atoms with Crippen LogP contribution in [0, 0.1) is 10.1 Å². The first kappa shape index (κ1) is 15.2. The van der Waals surface area contributed by atoms with E-state index in [-0.39, 0.29) is 23.6 Å². The summed E-state index contributed by atoms with van der Waals surface area (Å²) in [6, 6.07) is 4.90. The molecule has 1 aromatic carbocycles. The Morgan fingerprint density at radius 2 is 2.11 bits per heavy atom. The molecule has 0 radical (unpaired) electrons. The summed E-state index contributed by atoms with van der Waals surface area (Å²) in [5, 5.41) is 14.1. The van der Waals surface area contributed by atoms with Crippen molar-refractivity contribution in [2.45, 2.75) is 39.3 Å². The van der Waals surface area contributed by atoms with Gasteiger partial charge in [0.2, 0.25) is 0 Å². The van der Waals surface area contributed by atoms with Crippen LogP contribution in [-0.2, 0) is 0 Å². The van der Waals surface area contributed by atoms with E-state index in [1.807, 2.05) is 20.8 Å². The maximum absolute atomic E-state index is 10.9. The van der Waals surface area contributed by atoms with E-state index < -0.39 is 4.92 Å². The van der Waals surface area contributed by atoms with Crippen molar-refractivity contribution in [3.8, 4) is 5.75 Å². The molecule has 0 amide bonds. The lowest BCUT2D eigenvalue weighted by Crippen LogP contribution is -2.19. The van der Waals surface area contributed by atoms with E-state index in [2.05, 4.69) is 5.32 Å². The van der Waals surface area contributed by atoms with Crippen LogP contribution in [0.25, 0.3) is 0 Å². The predicted molar refractivity (Wildman–Crippen MR) is 75.6 cm³/mol. The number of hydrogen-bond acceptors (Lipinski definition) is 5. The fourth-order valence-electron chi connectivity index (χ4n) is 1.57. The SMILES string of the molecule is CC(N)CCNc1ccc([N+](=O)[O-])c(OC(C)C)c1. The molecule has 0 fully saturated rings. The third kappa shape index (κ3) is 5.13. The highest BCUT2D eigenvalue weighted by Gasteiger charge is 2.16. The number of benzene rings is 1. The zero-order valence-corrected chi connectivity index (χ0v) is 11.6. The molecule has 0 bridgehead atoms. The molecule has 106 valence electrons. The number of anilines is 1. The third-order valence-corrected chi connectivity index (χ3v) is 2.45. The molecule has 1 rings (SSSR count). The summed E-state index contributed by atoms with van der Waals surface area (Å²) in [5.41, 5.74) is 6.43. The Kier molecular flexibility index (Phi) is 5.57. The summed E-state index contributed by atoms with van der Waals surface area (Å²) >= 11 is 0. The van der Waals surface area contributed by atoms with Crippen LogP contribution in [0.15, 0.2) is 18.2 Å². The molecule has 0 aliphatic heterocycles. The van der Waals surface area contributed by atoms with Gasteiger partial charge in [0.1, 0.15) is 0 Å². The number of ether oxygens (including phenoxy) is 1. The smallest absolute Gasteiger partial charge is 0.311 e. The van der Waals surface area contributed by atoms with Crippen molar-refractivity contribution in [1.29, 1.82) is 0 Å². The van der Waals surface area contributed by atoms with Gasteiger partial charge in [0.25, 0.3) is 0 Å². The van der Waals surface area contributed by atoms with Gasteiger partial charge in [-0.2, -0.15) is 0 Å². The van der Waals surface area contributed by atoms with Gasteiger partial charge in [0.15, 0.2) is 5.75 Å². The molecule has 6 heteroatoms. The van der Waals surface area contributed by atoms with Crippen LogP contribution in [0.3, 0.4) is 0 Å². The lowest BCUT2D eigenvalue weighted by Gasteiger charge is -2.13. The van der Waals surface area contributed by atoms with Gasteiger partial charge in [0.05, 0.1) is 11.0 Å². The standard InChI is InChI=1S/C13H21N3O3/c1-9(2)19-13-8-11(15-7-6-10(3)14)4-5-12(13)16(17)18/h4-5,8-10,15H,6-7,14H2,1-3H3. The molecule has 1 aromatic rings. The number of nitro groups is 1. The van der Waals surface area contributed by atoms with Crippen LogP contribution in [-0.4, -0.2) is 23.6 Å². The van der Waals surface area contributed by atoms with E-state index in [9.17, 15) is 10.1 Å². The summed E-state index contributed by atoms with van der Waals surface area (Å²) in [4.78, 5) is 10.5. The van der Waals surface area contributed by atoms with Crippen molar-refractivity contribution < 1.29 is 9.66 Å². The molecule has 1 unspecified atom stereocenters. The number of nitrogens with one attached hydrogen (secondary N) is 1. The molecule has 0 aliphatic rings. The predicted octanol–water partition coefficient (Wildman–Crippen LogP) is 2.53. The molecule has 19 heavy (non-hydrogen) atoms. The van der Waals surface area contributed by atoms with Gasteiger partial charge in [0, 0.05) is 30.4 Å². The highest BCUT2D eigenvalue weighted by molar-refractivity contribution is 5.58. The van der Waals surface area contributed by atoms with E-state index >= 15 is 0 Å². The first-order valence-corrected chi connectivity index (χ1v) is 6.34. The summed E-state index contributed by atoms with van der Waals surface area (Å²) in [5.74, 6) is 0.283. The second kappa shape index (κ2) is 6.94. The summed E-state index contributed by atoms with van der Waals surface area (Å²) in [6.45, 7) is 6.32. The van der Waals surface area contributed by atoms with Gasteiger partial charge in [-0.1, -0.05) is 0 Å². The molecular formula is C13H21N3O3. The number of hydrogen-bond donors (Lipinski definition) is 2. The minimum absolute atomic E-state index is 0.0218. The highest BCUT2D eigenvalue weighted by Crippen LogP contribution is 2.30. The van der Waals surface area contributed by atoms with Crippen LogP contribution in [0.2, 0.25) is 0 Å². The Morgan fingerprint density at radius 1 is 1.42 bits per heavy atom. The minimum atomic E-state index is -0.441. The Balaban J connectivity index is 2.82. The van der Waals surface area contributed by atoms with E-state index in [4.69, 9.17) is 10.5 Å². The molecule has 6 nitrogen and oxygen atoms in total. The van der Waals surface area contributed by atoms with Crippen molar-refractivity contribution in [2.24, 2.45) is 5.73 Å². The molecule has 1 atom stereocenters. The van der Waals surface area contributed by atoms with Crippen LogP contribution < -0.4 is 15.8 Å². The number of nitrogens with two attached hydrogens (primary N) is 1. The fourth-order valence-corrected chi connectivity index (χ4v) is 1.57. The van der Waals surface area contributed by atoms with Gasteiger partial charge >= 0.3 is 5.69 Å². The average molecular weight is 267 g/mol. The van der Waals surface area contributed by atoms with E-state index in [0.29, 0.717) is 0 Å². The monoisotopic (exact) mass is 267 g/mol. The van der Waals surface area contributed by atoms with Gasteiger partial charge in [-0.15, -0.1) is 0 Å². The molecule has 0 saturated heterocycles. The van der Waals surface area contributed by atoms with E-state index in [0.717, 1.165) is 18.7 Å².